The van der Waals surface area contributed by atoms with Gasteiger partial charge in [0.05, 0.1) is 0 Å². The third-order valence-electron chi connectivity index (χ3n) is 2.12. The summed E-state index contributed by atoms with van der Waals surface area (Å²) >= 11 is 0. The van der Waals surface area contributed by atoms with Gasteiger partial charge in [0.1, 0.15) is 12.6 Å². The van der Waals surface area contributed by atoms with Crippen molar-refractivity contribution in [2.24, 2.45) is 11.1 Å². The minimum Gasteiger partial charge on any atom is -0.480 e. The molecule has 98 valence electrons. The topological polar surface area (TPSA) is 113 Å². The molecule has 0 aromatic rings. The Morgan fingerprint density at radius 3 is 2.12 bits per heavy atom. The molecule has 17 heavy (non-hydrogen) atoms. The summed E-state index contributed by atoms with van der Waals surface area (Å²) in [6.07, 6.45) is 0. The number of amides is 3. The average Bonchev–Trinajstić information content (AvgIpc) is 2.09. The number of nitrogens with zero attached hydrogens (tertiary/aromatic N) is 1. The SMILES string of the molecule is CN(CC(N)=O)C(=O)N[C@H](C(=O)O)C(C)(C)C. The first-order valence-corrected chi connectivity index (χ1v) is 5.08. The predicted octanol–water partition coefficient (Wildman–Crippen LogP) is -0.388. The molecule has 0 fully saturated rings. The number of aliphatic carboxylic acids is 1. The second kappa shape index (κ2) is 5.51. The Kier molecular flexibility index (Phi) is 4.93. The van der Waals surface area contributed by atoms with E-state index >= 15 is 0 Å². The van der Waals surface area contributed by atoms with E-state index < -0.39 is 29.4 Å². The van der Waals surface area contributed by atoms with Gasteiger partial charge in [0, 0.05) is 7.05 Å². The number of carboxylic acids is 1. The smallest absolute Gasteiger partial charge is 0.326 e. The molecule has 7 heteroatoms. The molecule has 0 bridgehead atoms. The van der Waals surface area contributed by atoms with E-state index in [0.29, 0.717) is 0 Å². The highest BCUT2D eigenvalue weighted by molar-refractivity contribution is 5.86. The molecule has 3 amide bonds. The van der Waals surface area contributed by atoms with Gasteiger partial charge in [-0.05, 0) is 5.41 Å². The molecule has 0 aromatic carbocycles. The Morgan fingerprint density at radius 1 is 1.35 bits per heavy atom. The summed E-state index contributed by atoms with van der Waals surface area (Å²) in [6, 6.07) is -1.68. The predicted molar refractivity (Wildman–Crippen MR) is 61.2 cm³/mol. The molecular weight excluding hydrogens is 226 g/mol. The van der Waals surface area contributed by atoms with Crippen LogP contribution >= 0.6 is 0 Å². The molecule has 0 aliphatic heterocycles. The van der Waals surface area contributed by atoms with Gasteiger partial charge in [-0.3, -0.25) is 4.79 Å². The van der Waals surface area contributed by atoms with Gasteiger partial charge in [0.15, 0.2) is 0 Å². The van der Waals surface area contributed by atoms with Crippen LogP contribution in [0.3, 0.4) is 0 Å². The zero-order valence-corrected chi connectivity index (χ0v) is 10.5. The molecule has 1 atom stereocenters. The van der Waals surface area contributed by atoms with Gasteiger partial charge >= 0.3 is 12.0 Å². The van der Waals surface area contributed by atoms with Crippen molar-refractivity contribution >= 4 is 17.9 Å². The van der Waals surface area contributed by atoms with Crippen molar-refractivity contribution in [3.63, 3.8) is 0 Å². The van der Waals surface area contributed by atoms with E-state index in [1.54, 1.807) is 20.8 Å². The first kappa shape index (κ1) is 15.2. The Bertz CT molecular complexity index is 322. The number of urea groups is 1. The summed E-state index contributed by atoms with van der Waals surface area (Å²) in [6.45, 7) is 4.82. The molecule has 0 unspecified atom stereocenters. The fraction of sp³-hybridized carbons (Fsp3) is 0.700. The van der Waals surface area contributed by atoms with Crippen molar-refractivity contribution in [1.29, 1.82) is 0 Å². The maximum absolute atomic E-state index is 11.6. The van der Waals surface area contributed by atoms with Gasteiger partial charge < -0.3 is 21.1 Å². The van der Waals surface area contributed by atoms with Crippen molar-refractivity contribution in [2.45, 2.75) is 26.8 Å². The second-order valence-electron chi connectivity index (χ2n) is 4.91. The number of carbonyl (C=O) groups is 3. The van der Waals surface area contributed by atoms with Crippen LogP contribution in [0.25, 0.3) is 0 Å². The summed E-state index contributed by atoms with van der Waals surface area (Å²) in [4.78, 5) is 34.2. The van der Waals surface area contributed by atoms with Crippen LogP contribution in [0.1, 0.15) is 20.8 Å². The third kappa shape index (κ3) is 5.19. The summed E-state index contributed by atoms with van der Waals surface area (Å²) in [5.41, 5.74) is 4.30. The number of nitrogens with one attached hydrogen (secondary N) is 1. The summed E-state index contributed by atoms with van der Waals surface area (Å²) < 4.78 is 0. The maximum atomic E-state index is 11.6. The van der Waals surface area contributed by atoms with E-state index in [-0.39, 0.29) is 6.54 Å². The minimum atomic E-state index is -1.13. The highest BCUT2D eigenvalue weighted by atomic mass is 16.4. The van der Waals surface area contributed by atoms with Gasteiger partial charge in [-0.1, -0.05) is 20.8 Å². The molecule has 0 saturated heterocycles. The third-order valence-corrected chi connectivity index (χ3v) is 2.12. The minimum absolute atomic E-state index is 0.262. The lowest BCUT2D eigenvalue weighted by molar-refractivity contribution is -0.141. The number of carbonyl (C=O) groups excluding carboxylic acids is 2. The van der Waals surface area contributed by atoms with Crippen LogP contribution in [0.15, 0.2) is 0 Å². The van der Waals surface area contributed by atoms with Crippen molar-refractivity contribution in [2.75, 3.05) is 13.6 Å². The van der Waals surface area contributed by atoms with Crippen LogP contribution in [0.5, 0.6) is 0 Å². The van der Waals surface area contributed by atoms with Crippen molar-refractivity contribution in [3.8, 4) is 0 Å². The Morgan fingerprint density at radius 2 is 1.82 bits per heavy atom. The number of carboxylic acid groups (broad SMARTS) is 1. The molecule has 4 N–H and O–H groups in total. The van der Waals surface area contributed by atoms with Crippen molar-refractivity contribution in [3.05, 3.63) is 0 Å². The average molecular weight is 245 g/mol. The standard InChI is InChI=1S/C10H19N3O4/c1-10(2,3)7(8(15)16)12-9(17)13(4)5-6(11)14/h7H,5H2,1-4H3,(H2,11,14)(H,12,17)(H,15,16)/t7-/m1/s1. The lowest BCUT2D eigenvalue weighted by Gasteiger charge is -2.29. The van der Waals surface area contributed by atoms with Crippen LogP contribution in [0.2, 0.25) is 0 Å². The van der Waals surface area contributed by atoms with E-state index in [4.69, 9.17) is 10.8 Å². The molecule has 0 aliphatic rings. The number of primary amides is 1. The zero-order chi connectivity index (χ0) is 13.8. The molecule has 0 heterocycles. The van der Waals surface area contributed by atoms with Crippen LogP contribution < -0.4 is 11.1 Å². The Hall–Kier alpha value is -1.79. The van der Waals surface area contributed by atoms with Crippen LogP contribution in [0.4, 0.5) is 4.79 Å². The lowest BCUT2D eigenvalue weighted by Crippen LogP contribution is -2.53. The van der Waals surface area contributed by atoms with E-state index in [0.717, 1.165) is 4.90 Å². The molecule has 0 radical (unpaired) electrons. The summed E-state index contributed by atoms with van der Waals surface area (Å²) in [5, 5.41) is 11.3. The van der Waals surface area contributed by atoms with E-state index in [1.165, 1.54) is 7.05 Å². The number of nitrogens with two attached hydrogens (primary N) is 1. The number of hydrogen-bond donors (Lipinski definition) is 3. The molecule has 0 aliphatic carbocycles. The fourth-order valence-electron chi connectivity index (χ4n) is 1.19. The summed E-state index contributed by atoms with van der Waals surface area (Å²) in [5.74, 6) is -1.79. The van der Waals surface area contributed by atoms with Gasteiger partial charge in [0.25, 0.3) is 0 Å². The van der Waals surface area contributed by atoms with Crippen LogP contribution in [-0.4, -0.2) is 47.5 Å². The van der Waals surface area contributed by atoms with Gasteiger partial charge in [-0.2, -0.15) is 0 Å². The second-order valence-corrected chi connectivity index (χ2v) is 4.91. The number of rotatable bonds is 4. The Labute approximate surface area is 100.0 Å². The van der Waals surface area contributed by atoms with Crippen molar-refractivity contribution in [1.82, 2.24) is 10.2 Å². The van der Waals surface area contributed by atoms with E-state index in [2.05, 4.69) is 5.32 Å². The summed E-state index contributed by atoms with van der Waals surface area (Å²) in [7, 11) is 1.36. The lowest BCUT2D eigenvalue weighted by atomic mass is 9.87. The van der Waals surface area contributed by atoms with Gasteiger partial charge in [-0.15, -0.1) is 0 Å². The fourth-order valence-corrected chi connectivity index (χ4v) is 1.19. The van der Waals surface area contributed by atoms with Crippen LogP contribution in [0, 0.1) is 5.41 Å². The molecule has 0 rings (SSSR count). The monoisotopic (exact) mass is 245 g/mol. The molecule has 0 spiro atoms. The molecule has 7 nitrogen and oxygen atoms in total. The van der Waals surface area contributed by atoms with Crippen LogP contribution in [-0.2, 0) is 9.59 Å². The zero-order valence-electron chi connectivity index (χ0n) is 10.5. The molecule has 0 aromatic heterocycles. The van der Waals surface area contributed by atoms with E-state index in [9.17, 15) is 14.4 Å². The quantitative estimate of drug-likeness (QED) is 0.626. The highest BCUT2D eigenvalue weighted by Crippen LogP contribution is 2.19. The number of hydrogen-bond acceptors (Lipinski definition) is 3. The van der Waals surface area contributed by atoms with Crippen molar-refractivity contribution < 1.29 is 19.5 Å². The maximum Gasteiger partial charge on any atom is 0.326 e. The first-order chi connectivity index (χ1) is 7.55. The molecule has 0 saturated carbocycles. The Balaban J connectivity index is 4.63. The highest BCUT2D eigenvalue weighted by Gasteiger charge is 2.33. The van der Waals surface area contributed by atoms with Gasteiger partial charge in [0.2, 0.25) is 5.91 Å². The first-order valence-electron chi connectivity index (χ1n) is 5.08. The normalized spacial score (nSPS) is 12.7. The van der Waals surface area contributed by atoms with E-state index in [1.807, 2.05) is 0 Å². The molecular formula is C10H19N3O4. The largest absolute Gasteiger partial charge is 0.480 e. The number of likely N-dealkylation sites (N-methyl/N-ethyl adjacent to an activating group) is 1. The van der Waals surface area contributed by atoms with Gasteiger partial charge in [-0.25, -0.2) is 9.59 Å².